The van der Waals surface area contributed by atoms with Crippen molar-refractivity contribution in [3.63, 3.8) is 0 Å². The first-order chi connectivity index (χ1) is 6.70. The Hall–Kier alpha value is -1.78. The van der Waals surface area contributed by atoms with Crippen molar-refractivity contribution in [3.8, 4) is 0 Å². The maximum atomic E-state index is 10.1. The highest BCUT2D eigenvalue weighted by Crippen LogP contribution is 1.93. The lowest BCUT2D eigenvalue weighted by atomic mass is 10.4. The molecule has 5 nitrogen and oxygen atoms in total. The van der Waals surface area contributed by atoms with Gasteiger partial charge in [-0.05, 0) is 0 Å². The van der Waals surface area contributed by atoms with Gasteiger partial charge in [-0.3, -0.25) is 0 Å². The van der Waals surface area contributed by atoms with Crippen LogP contribution in [0.15, 0.2) is 24.7 Å². The minimum atomic E-state index is -0.950. The number of carboxylic acids is 1. The van der Waals surface area contributed by atoms with Crippen LogP contribution in [-0.2, 0) is 18.3 Å². The molecule has 14 heavy (non-hydrogen) atoms. The molecule has 0 unspecified atom stereocenters. The van der Waals surface area contributed by atoms with Crippen LogP contribution in [-0.4, -0.2) is 27.2 Å². The predicted octanol–water partition coefficient (Wildman–Crippen LogP) is 0.150. The number of nitrogens with one attached hydrogen (secondary N) is 1. The number of carbonyl (C=O) groups is 1. The number of carboxylic acid groups (broad SMARTS) is 1. The van der Waals surface area contributed by atoms with Gasteiger partial charge in [0.1, 0.15) is 5.82 Å². The monoisotopic (exact) mass is 195 g/mol. The van der Waals surface area contributed by atoms with Gasteiger partial charge in [0, 0.05) is 44.7 Å². The van der Waals surface area contributed by atoms with E-state index in [0.717, 1.165) is 18.3 Å². The lowest BCUT2D eigenvalue weighted by molar-refractivity contribution is -0.131. The fraction of sp³-hybridized carbons (Fsp3) is 0.333. The van der Waals surface area contributed by atoms with Crippen LogP contribution in [0, 0.1) is 0 Å². The van der Waals surface area contributed by atoms with E-state index in [1.165, 1.54) is 6.20 Å². The average Bonchev–Trinajstić information content (AvgIpc) is 2.51. The van der Waals surface area contributed by atoms with Crippen molar-refractivity contribution in [1.82, 2.24) is 14.9 Å². The first-order valence-electron chi connectivity index (χ1n) is 4.29. The van der Waals surface area contributed by atoms with E-state index in [9.17, 15) is 4.79 Å². The summed E-state index contributed by atoms with van der Waals surface area (Å²) in [4.78, 5) is 14.2. The molecule has 0 fully saturated rings. The van der Waals surface area contributed by atoms with Crippen LogP contribution < -0.4 is 5.32 Å². The smallest absolute Gasteiger partial charge is 0.329 e. The molecule has 0 saturated heterocycles. The first-order valence-corrected chi connectivity index (χ1v) is 4.29. The van der Waals surface area contributed by atoms with Gasteiger partial charge >= 0.3 is 5.97 Å². The summed E-state index contributed by atoms with van der Waals surface area (Å²) >= 11 is 0. The van der Waals surface area contributed by atoms with Crippen LogP contribution in [0.5, 0.6) is 0 Å². The summed E-state index contributed by atoms with van der Waals surface area (Å²) < 4.78 is 1.93. The van der Waals surface area contributed by atoms with Gasteiger partial charge in [0.2, 0.25) is 0 Å². The van der Waals surface area contributed by atoms with Gasteiger partial charge in [-0.1, -0.05) is 0 Å². The number of aromatic nitrogens is 2. The largest absolute Gasteiger partial charge is 0.478 e. The van der Waals surface area contributed by atoms with Crippen molar-refractivity contribution in [2.75, 3.05) is 6.54 Å². The highest BCUT2D eigenvalue weighted by Gasteiger charge is 1.96. The Morgan fingerprint density at radius 2 is 2.57 bits per heavy atom. The minimum Gasteiger partial charge on any atom is -0.478 e. The predicted molar refractivity (Wildman–Crippen MR) is 51.7 cm³/mol. The molecule has 2 N–H and O–H groups in total. The molecule has 0 saturated carbocycles. The number of aryl methyl sites for hydroxylation is 1. The van der Waals surface area contributed by atoms with Gasteiger partial charge in [-0.25, -0.2) is 9.78 Å². The van der Waals surface area contributed by atoms with E-state index in [-0.39, 0.29) is 0 Å². The van der Waals surface area contributed by atoms with Gasteiger partial charge < -0.3 is 15.0 Å². The third kappa shape index (κ3) is 3.30. The highest BCUT2D eigenvalue weighted by atomic mass is 16.4. The third-order valence-corrected chi connectivity index (χ3v) is 1.76. The summed E-state index contributed by atoms with van der Waals surface area (Å²) in [5.41, 5.74) is 0. The SMILES string of the molecule is Cn1ccnc1CCN/C=C/C(=O)O. The molecule has 0 aliphatic heterocycles. The number of rotatable bonds is 5. The van der Waals surface area contributed by atoms with Crippen LogP contribution in [0.25, 0.3) is 0 Å². The second-order valence-corrected chi connectivity index (χ2v) is 2.83. The summed E-state index contributed by atoms with van der Waals surface area (Å²) in [6.45, 7) is 0.675. The molecule has 0 spiro atoms. The Bertz CT molecular complexity index is 331. The zero-order valence-corrected chi connectivity index (χ0v) is 7.97. The van der Waals surface area contributed by atoms with Crippen molar-refractivity contribution >= 4 is 5.97 Å². The molecule has 5 heteroatoms. The molecule has 0 aromatic carbocycles. The van der Waals surface area contributed by atoms with Gasteiger partial charge in [0.25, 0.3) is 0 Å². The molecule has 0 aliphatic rings. The maximum absolute atomic E-state index is 10.1. The summed E-state index contributed by atoms with van der Waals surface area (Å²) in [6.07, 6.45) is 6.88. The lowest BCUT2D eigenvalue weighted by Crippen LogP contribution is -2.12. The number of imidazole rings is 1. The van der Waals surface area contributed by atoms with E-state index >= 15 is 0 Å². The second kappa shape index (κ2) is 5.06. The zero-order chi connectivity index (χ0) is 10.4. The average molecular weight is 195 g/mol. The summed E-state index contributed by atoms with van der Waals surface area (Å²) in [5, 5.41) is 11.2. The zero-order valence-electron chi connectivity index (χ0n) is 7.97. The molecular formula is C9H13N3O2. The van der Waals surface area contributed by atoms with E-state index < -0.39 is 5.97 Å². The van der Waals surface area contributed by atoms with Crippen LogP contribution in [0.2, 0.25) is 0 Å². The normalized spacial score (nSPS) is 10.6. The highest BCUT2D eigenvalue weighted by molar-refractivity contribution is 5.79. The molecule has 1 aromatic heterocycles. The quantitative estimate of drug-likeness (QED) is 0.518. The van der Waals surface area contributed by atoms with E-state index in [4.69, 9.17) is 5.11 Å². The van der Waals surface area contributed by atoms with Crippen LogP contribution in [0.1, 0.15) is 5.82 Å². The van der Waals surface area contributed by atoms with Crippen LogP contribution in [0.4, 0.5) is 0 Å². The molecule has 1 aromatic rings. The van der Waals surface area contributed by atoms with E-state index in [1.54, 1.807) is 6.20 Å². The minimum absolute atomic E-state index is 0.675. The van der Waals surface area contributed by atoms with Crippen molar-refractivity contribution in [3.05, 3.63) is 30.5 Å². The van der Waals surface area contributed by atoms with Gasteiger partial charge in [-0.2, -0.15) is 0 Å². The molecule has 0 radical (unpaired) electrons. The fourth-order valence-electron chi connectivity index (χ4n) is 1.03. The number of hydrogen-bond donors (Lipinski definition) is 2. The van der Waals surface area contributed by atoms with Gasteiger partial charge in [0.15, 0.2) is 0 Å². The Labute approximate surface area is 82.1 Å². The molecule has 1 rings (SSSR count). The van der Waals surface area contributed by atoms with Crippen molar-refractivity contribution in [2.24, 2.45) is 7.05 Å². The van der Waals surface area contributed by atoms with E-state index in [0.29, 0.717) is 6.54 Å². The number of aliphatic carboxylic acids is 1. The van der Waals surface area contributed by atoms with E-state index in [2.05, 4.69) is 10.3 Å². The topological polar surface area (TPSA) is 67.2 Å². The number of nitrogens with zero attached hydrogens (tertiary/aromatic N) is 2. The lowest BCUT2D eigenvalue weighted by Gasteiger charge is -2.00. The van der Waals surface area contributed by atoms with Gasteiger partial charge in [0.05, 0.1) is 0 Å². The molecule has 0 bridgehead atoms. The molecule has 0 amide bonds. The third-order valence-electron chi connectivity index (χ3n) is 1.76. The Morgan fingerprint density at radius 3 is 3.14 bits per heavy atom. The van der Waals surface area contributed by atoms with Crippen molar-refractivity contribution < 1.29 is 9.90 Å². The van der Waals surface area contributed by atoms with Crippen LogP contribution in [0.3, 0.4) is 0 Å². The molecule has 1 heterocycles. The molecular weight excluding hydrogens is 182 g/mol. The van der Waals surface area contributed by atoms with E-state index in [1.807, 2.05) is 17.8 Å². The molecule has 0 atom stereocenters. The fourth-order valence-corrected chi connectivity index (χ4v) is 1.03. The Morgan fingerprint density at radius 1 is 1.79 bits per heavy atom. The van der Waals surface area contributed by atoms with Gasteiger partial charge in [-0.15, -0.1) is 0 Å². The standard InChI is InChI=1S/C9H13N3O2/c1-12-7-6-11-8(12)2-4-10-5-3-9(13)14/h3,5-7,10H,2,4H2,1H3,(H,13,14)/b5-3+. The Kier molecular flexibility index (Phi) is 3.72. The van der Waals surface area contributed by atoms with Crippen molar-refractivity contribution in [1.29, 1.82) is 0 Å². The summed E-state index contributed by atoms with van der Waals surface area (Å²) in [5.74, 6) is 0.0238. The molecule has 76 valence electrons. The molecule has 0 aliphatic carbocycles. The Balaban J connectivity index is 2.23. The maximum Gasteiger partial charge on any atom is 0.329 e. The summed E-state index contributed by atoms with van der Waals surface area (Å²) in [6, 6.07) is 0. The first kappa shape index (κ1) is 10.3. The summed E-state index contributed by atoms with van der Waals surface area (Å²) in [7, 11) is 1.93. The van der Waals surface area contributed by atoms with Crippen LogP contribution >= 0.6 is 0 Å². The second-order valence-electron chi connectivity index (χ2n) is 2.83. The van der Waals surface area contributed by atoms with Crippen molar-refractivity contribution in [2.45, 2.75) is 6.42 Å². The number of hydrogen-bond acceptors (Lipinski definition) is 3.